The fraction of sp³-hybridized carbons (Fsp3) is 0.517. The van der Waals surface area contributed by atoms with E-state index in [1.807, 2.05) is 0 Å². The van der Waals surface area contributed by atoms with Crippen molar-refractivity contribution in [2.75, 3.05) is 26.3 Å². The summed E-state index contributed by atoms with van der Waals surface area (Å²) in [5, 5.41) is 50.2. The van der Waals surface area contributed by atoms with Crippen LogP contribution in [-0.2, 0) is 76.7 Å². The Morgan fingerprint density at radius 3 is 1.91 bits per heavy atom. The topological polar surface area (TPSA) is 504 Å². The van der Waals surface area contributed by atoms with Gasteiger partial charge in [-0.3, -0.25) is 63.2 Å². The number of guanidine groups is 1. The van der Waals surface area contributed by atoms with Crippen LogP contribution in [-0.4, -0.2) is 192 Å². The molecule has 2 fully saturated rings. The number of hydrogen-bond donors (Lipinski definition) is 17. The Morgan fingerprint density at radius 2 is 1.33 bits per heavy atom. The number of H-pyrrole nitrogens is 2. The summed E-state index contributed by atoms with van der Waals surface area (Å²) in [6.07, 6.45) is 5.31. The number of carbonyl (C=O) groups is 11. The van der Waals surface area contributed by atoms with Crippen molar-refractivity contribution in [3.8, 4) is 5.75 Å². The van der Waals surface area contributed by atoms with Crippen molar-refractivity contribution in [2.45, 2.75) is 166 Å². The predicted octanol–water partition coefficient (Wildman–Crippen LogP) is -2.72. The van der Waals surface area contributed by atoms with E-state index in [2.05, 4.69) is 67.9 Å². The third-order valence-corrected chi connectivity index (χ3v) is 14.7. The largest absolute Gasteiger partial charge is 0.508 e. The van der Waals surface area contributed by atoms with Crippen molar-refractivity contribution < 1.29 is 72.8 Å². The van der Waals surface area contributed by atoms with Crippen molar-refractivity contribution in [3.63, 3.8) is 0 Å². The van der Waals surface area contributed by atoms with Crippen LogP contribution in [0.3, 0.4) is 0 Å². The Labute approximate surface area is 530 Å². The number of rotatable bonds is 31. The van der Waals surface area contributed by atoms with Crippen molar-refractivity contribution in [1.29, 1.82) is 0 Å². The average Bonchev–Trinajstić information content (AvgIpc) is 1.66. The molecule has 32 nitrogen and oxygen atoms in total. The van der Waals surface area contributed by atoms with Crippen LogP contribution in [0.4, 0.5) is 0 Å². The molecule has 2 saturated heterocycles. The van der Waals surface area contributed by atoms with Crippen LogP contribution in [0, 0.1) is 5.92 Å². The number of hydrazine groups is 1. The van der Waals surface area contributed by atoms with E-state index in [-0.39, 0.29) is 88.0 Å². The number of phenols is 1. The molecule has 0 unspecified atom stereocenters. The maximum Gasteiger partial charge on any atom is 0.300 e. The number of imidazole rings is 1. The quantitative estimate of drug-likeness (QED) is 0.00608. The number of aliphatic hydroxyl groups excluding tert-OH is 1. The summed E-state index contributed by atoms with van der Waals surface area (Å²) >= 11 is 0. The van der Waals surface area contributed by atoms with Gasteiger partial charge in [0, 0.05) is 74.7 Å². The highest BCUT2D eigenvalue weighted by Gasteiger charge is 2.40. The molecule has 0 spiro atoms. The van der Waals surface area contributed by atoms with E-state index in [9.17, 15) is 58.2 Å². The molecule has 2 aliphatic rings. The van der Waals surface area contributed by atoms with Gasteiger partial charge in [0.1, 0.15) is 60.1 Å². The van der Waals surface area contributed by atoms with Crippen molar-refractivity contribution >= 4 is 81.9 Å². The smallest absolute Gasteiger partial charge is 0.300 e. The normalized spacial score (nSPS) is 16.8. The number of fused-ring (bicyclic) bond motifs is 1. The molecule has 4 heterocycles. The number of carbonyl (C=O) groups excluding carboxylic acids is 10. The molecule has 0 aliphatic carbocycles. The molecule has 2 aromatic heterocycles. The van der Waals surface area contributed by atoms with Crippen molar-refractivity contribution in [2.24, 2.45) is 28.2 Å². The fourth-order valence-corrected chi connectivity index (χ4v) is 10.1. The second kappa shape index (κ2) is 35.1. The van der Waals surface area contributed by atoms with Gasteiger partial charge in [-0.2, -0.15) is 0 Å². The second-order valence-electron chi connectivity index (χ2n) is 23.7. The third-order valence-electron chi connectivity index (χ3n) is 14.7. The molecule has 20 N–H and O–H groups in total. The average molecular weight is 1290 g/mol. The van der Waals surface area contributed by atoms with Crippen LogP contribution < -0.4 is 65.3 Å². The van der Waals surface area contributed by atoms with Gasteiger partial charge in [-0.1, -0.05) is 44.2 Å². The summed E-state index contributed by atoms with van der Waals surface area (Å²) in [6, 6.07) is 0.760. The molecule has 92 heavy (non-hydrogen) atoms. The molecule has 4 aromatic rings. The molecular formula is C60H87N17O15. The number of aromatic nitrogens is 3. The first kappa shape index (κ1) is 73.0. The molecule has 10 amide bonds. The van der Waals surface area contributed by atoms with E-state index in [0.717, 1.165) is 6.92 Å². The fourth-order valence-electron chi connectivity index (χ4n) is 10.1. The number of carboxylic acids is 1. The predicted molar refractivity (Wildman–Crippen MR) is 333 cm³/mol. The van der Waals surface area contributed by atoms with E-state index in [1.165, 1.54) is 41.7 Å². The number of aliphatic hydroxyl groups is 1. The molecule has 502 valence electrons. The van der Waals surface area contributed by atoms with Gasteiger partial charge in [-0.15, -0.1) is 0 Å². The number of phenolic OH excluding ortho intramolecular Hbond substituents is 1. The van der Waals surface area contributed by atoms with Crippen molar-refractivity contribution in [1.82, 2.24) is 67.8 Å². The number of aliphatic imine (C=N–C) groups is 1. The highest BCUT2D eigenvalue weighted by atomic mass is 16.5. The lowest BCUT2D eigenvalue weighted by Gasteiger charge is -2.31. The molecule has 0 saturated carbocycles. The first-order valence-electron chi connectivity index (χ1n) is 30.1. The lowest BCUT2D eigenvalue weighted by atomic mass is 10.0. The summed E-state index contributed by atoms with van der Waals surface area (Å²) in [6.45, 7) is 8.61. The molecular weight excluding hydrogens is 1200 g/mol. The molecule has 0 radical (unpaired) electrons. The molecule has 6 rings (SSSR count). The van der Waals surface area contributed by atoms with Crippen LogP contribution in [0.2, 0.25) is 0 Å². The molecule has 0 bridgehead atoms. The van der Waals surface area contributed by atoms with Gasteiger partial charge in [0.2, 0.25) is 53.2 Å². The standard InChI is InChI=1S/C58H83N17O13.C2H4O2/c1-31(2)22-40(49(80)67-39(12-8-20-63-57(59)60)56(87)75-21-9-13-46(75)55(86)74-61)68-54(85)45(29-88-58(3,4)5)73-50(81)41(23-32-14-16-35(77)17-15-32)69-53(84)44(28-76)72-51(82)42(24-33-26-64-37-11-7-6-10-36(33)37)70-52(83)43(25-34-27-62-30-65-34)71-48(79)38-18-19-47(78)66-38;1-2(3)4/h6-7,10-11,14-17,26-27,30-31,38-46,64,76-77H,8-9,12-13,18-25,28-29,61H2,1-5H3,(H,62,65)(H,66,78)(H,67,80)(H,68,85)(H,69,84)(H,70,83)(H,71,79)(H,72,82)(H,73,81)(H,74,86)(H4,59,60,63);1H3,(H,3,4)/t38-,39-,40-,41-,42-,43-,44-,45+,46-;/m0./s1. The maximum absolute atomic E-state index is 14.7. The van der Waals surface area contributed by atoms with E-state index in [1.54, 1.807) is 65.1 Å². The highest BCUT2D eigenvalue weighted by molar-refractivity contribution is 5.99. The van der Waals surface area contributed by atoms with E-state index in [0.29, 0.717) is 40.6 Å². The zero-order valence-corrected chi connectivity index (χ0v) is 52.3. The summed E-state index contributed by atoms with van der Waals surface area (Å²) in [4.78, 5) is 164. The number of nitrogens with one attached hydrogen (secondary N) is 11. The SMILES string of the molecule is CC(=O)O.CC(C)C[C@H](NC(=O)[C@@H](COC(C)(C)C)NC(=O)[C@H](Cc1ccc(O)cc1)NC(=O)[C@H](CO)NC(=O)[C@H](Cc1c[nH]c2ccccc12)NC(=O)[C@H](Cc1cnc[nH]1)NC(=O)[C@@H]1CCC(=O)N1)C(=O)N[C@@H](CCCN=C(N)N)C(=O)N1CCC[C@H]1C(=O)NN. The summed E-state index contributed by atoms with van der Waals surface area (Å²) in [5.41, 5.74) is 14.4. The van der Waals surface area contributed by atoms with Gasteiger partial charge in [-0.25, -0.2) is 10.8 Å². The van der Waals surface area contributed by atoms with Gasteiger partial charge in [0.25, 0.3) is 11.9 Å². The number of nitrogens with zero attached hydrogens (tertiary/aromatic N) is 3. The number of carboxylic acid groups (broad SMARTS) is 1. The lowest BCUT2D eigenvalue weighted by Crippen LogP contribution is -2.62. The molecule has 2 aromatic carbocycles. The summed E-state index contributed by atoms with van der Waals surface area (Å²) < 4.78 is 6.03. The second-order valence-corrected chi connectivity index (χ2v) is 23.7. The Balaban J connectivity index is 0.00000373. The van der Waals surface area contributed by atoms with E-state index >= 15 is 0 Å². The number of amides is 10. The number of ether oxygens (including phenoxy) is 1. The van der Waals surface area contributed by atoms with Gasteiger partial charge in [0.15, 0.2) is 5.96 Å². The summed E-state index contributed by atoms with van der Waals surface area (Å²) in [5.74, 6) is -3.55. The lowest BCUT2D eigenvalue weighted by molar-refractivity contribution is -0.142. The molecule has 9 atom stereocenters. The monoisotopic (exact) mass is 1290 g/mol. The van der Waals surface area contributed by atoms with Crippen molar-refractivity contribution in [3.05, 3.63) is 84.1 Å². The minimum Gasteiger partial charge on any atom is -0.508 e. The van der Waals surface area contributed by atoms with Crippen LogP contribution in [0.1, 0.15) is 103 Å². The molecule has 32 heteroatoms. The maximum atomic E-state index is 14.7. The minimum absolute atomic E-state index is 0.0328. The first-order valence-corrected chi connectivity index (χ1v) is 30.1. The highest BCUT2D eigenvalue weighted by Crippen LogP contribution is 2.22. The number of aromatic hydroxyl groups is 1. The Bertz CT molecular complexity index is 3210. The van der Waals surface area contributed by atoms with Gasteiger partial charge in [0.05, 0.1) is 25.1 Å². The zero-order chi connectivity index (χ0) is 67.8. The Kier molecular flexibility index (Phi) is 27.8. The number of para-hydroxylation sites is 1. The number of aromatic amines is 2. The third kappa shape index (κ3) is 23.3. The van der Waals surface area contributed by atoms with Gasteiger partial charge >= 0.3 is 0 Å². The zero-order valence-electron chi connectivity index (χ0n) is 52.3. The Morgan fingerprint density at radius 1 is 0.750 bits per heavy atom. The minimum atomic E-state index is -1.79. The van der Waals surface area contributed by atoms with E-state index in [4.69, 9.17) is 31.9 Å². The van der Waals surface area contributed by atoms with E-state index < -0.39 is 132 Å². The van der Waals surface area contributed by atoms with Gasteiger partial charge in [-0.05, 0) is 94.5 Å². The number of likely N-dealkylation sites (tertiary alicyclic amines) is 1. The number of benzene rings is 2. The Hall–Kier alpha value is -9.69. The van der Waals surface area contributed by atoms with Crippen LogP contribution in [0.15, 0.2) is 72.2 Å². The van der Waals surface area contributed by atoms with Gasteiger partial charge < -0.3 is 88.9 Å². The van der Waals surface area contributed by atoms with Crippen LogP contribution in [0.5, 0.6) is 5.75 Å². The molecule has 2 aliphatic heterocycles. The van der Waals surface area contributed by atoms with Crippen LogP contribution in [0.25, 0.3) is 10.9 Å². The number of nitrogens with two attached hydrogens (primary N) is 3. The number of hydrogen-bond acceptors (Lipinski definition) is 17. The first-order chi connectivity index (χ1) is 43.5. The summed E-state index contributed by atoms with van der Waals surface area (Å²) in [7, 11) is 0. The van der Waals surface area contributed by atoms with Crippen LogP contribution >= 0.6 is 0 Å². The number of aliphatic carboxylic acids is 1.